The maximum absolute atomic E-state index is 6.23. The van der Waals surface area contributed by atoms with Crippen LogP contribution in [0, 0.1) is 5.92 Å². The highest BCUT2D eigenvalue weighted by Gasteiger charge is 2.44. The number of hydrogen-bond acceptors (Lipinski definition) is 2. The van der Waals surface area contributed by atoms with E-state index < -0.39 is 0 Å². The predicted octanol–water partition coefficient (Wildman–Crippen LogP) is 3.75. The van der Waals surface area contributed by atoms with Gasteiger partial charge in [0.1, 0.15) is 0 Å². The van der Waals surface area contributed by atoms with E-state index in [4.69, 9.17) is 4.74 Å². The largest absolute Gasteiger partial charge is 0.374 e. The van der Waals surface area contributed by atoms with Gasteiger partial charge in [0.25, 0.3) is 0 Å². The van der Waals surface area contributed by atoms with Crippen LogP contribution in [-0.4, -0.2) is 24.8 Å². The minimum absolute atomic E-state index is 0.126. The maximum Gasteiger partial charge on any atom is 0.0837 e. The zero-order chi connectivity index (χ0) is 12.7. The zero-order valence-electron chi connectivity index (χ0n) is 12.2. The molecule has 1 aliphatic carbocycles. The molecule has 0 radical (unpaired) electrons. The van der Waals surface area contributed by atoms with Crippen molar-refractivity contribution in [2.45, 2.75) is 77.9 Å². The lowest BCUT2D eigenvalue weighted by Crippen LogP contribution is -2.54. The second kappa shape index (κ2) is 7.38. The number of hydrogen-bond donors (Lipinski definition) is 1. The number of likely N-dealkylation sites (N-methyl/N-ethyl adjacent to an activating group) is 1. The van der Waals surface area contributed by atoms with E-state index in [-0.39, 0.29) is 5.60 Å². The average molecular weight is 241 g/mol. The second-order valence-corrected chi connectivity index (χ2v) is 5.32. The first kappa shape index (κ1) is 15.0. The van der Waals surface area contributed by atoms with Crippen LogP contribution in [-0.2, 0) is 4.74 Å². The van der Waals surface area contributed by atoms with Gasteiger partial charge in [-0.2, -0.15) is 0 Å². The first-order valence-electron chi connectivity index (χ1n) is 7.61. The molecule has 0 aromatic rings. The Bertz CT molecular complexity index is 195. The summed E-state index contributed by atoms with van der Waals surface area (Å²) >= 11 is 0. The number of nitrogens with one attached hydrogen (secondary N) is 1. The first-order valence-corrected chi connectivity index (χ1v) is 7.61. The average Bonchev–Trinajstić information content (AvgIpc) is 2.79. The van der Waals surface area contributed by atoms with Gasteiger partial charge in [0.05, 0.1) is 5.60 Å². The summed E-state index contributed by atoms with van der Waals surface area (Å²) in [5.74, 6) is 0.750. The van der Waals surface area contributed by atoms with Gasteiger partial charge in [-0.05, 0) is 32.2 Å². The minimum Gasteiger partial charge on any atom is -0.374 e. The van der Waals surface area contributed by atoms with Gasteiger partial charge in [-0.3, -0.25) is 0 Å². The van der Waals surface area contributed by atoms with Crippen LogP contribution in [0.3, 0.4) is 0 Å². The predicted molar refractivity (Wildman–Crippen MR) is 74.4 cm³/mol. The van der Waals surface area contributed by atoms with Crippen molar-refractivity contribution in [3.05, 3.63) is 0 Å². The van der Waals surface area contributed by atoms with Crippen LogP contribution in [0.25, 0.3) is 0 Å². The van der Waals surface area contributed by atoms with E-state index in [2.05, 4.69) is 33.0 Å². The summed E-state index contributed by atoms with van der Waals surface area (Å²) in [6.45, 7) is 10.9. The van der Waals surface area contributed by atoms with Gasteiger partial charge >= 0.3 is 0 Å². The standard InChI is InChI=1S/C15H31NO/c1-5-13(6-2)14(16-7-3)15(17-8-4)11-9-10-12-15/h13-14,16H,5-12H2,1-4H3. The molecule has 1 atom stereocenters. The van der Waals surface area contributed by atoms with E-state index in [1.54, 1.807) is 0 Å². The Labute approximate surface area is 108 Å². The SMILES string of the molecule is CCNC(C(CC)CC)C1(OCC)CCCC1. The van der Waals surface area contributed by atoms with Gasteiger partial charge in [0.15, 0.2) is 0 Å². The lowest BCUT2D eigenvalue weighted by Gasteiger charge is -2.42. The molecule has 0 spiro atoms. The van der Waals surface area contributed by atoms with Crippen molar-refractivity contribution >= 4 is 0 Å². The molecule has 0 aromatic heterocycles. The van der Waals surface area contributed by atoms with Crippen LogP contribution in [0.1, 0.15) is 66.2 Å². The molecule has 2 nitrogen and oxygen atoms in total. The van der Waals surface area contributed by atoms with Crippen molar-refractivity contribution in [1.29, 1.82) is 0 Å². The van der Waals surface area contributed by atoms with Crippen LogP contribution in [0.15, 0.2) is 0 Å². The molecule has 1 unspecified atom stereocenters. The summed E-state index contributed by atoms with van der Waals surface area (Å²) in [7, 11) is 0. The van der Waals surface area contributed by atoms with Crippen molar-refractivity contribution in [1.82, 2.24) is 5.32 Å². The van der Waals surface area contributed by atoms with E-state index in [9.17, 15) is 0 Å². The van der Waals surface area contributed by atoms with Crippen LogP contribution < -0.4 is 5.32 Å². The van der Waals surface area contributed by atoms with E-state index in [0.29, 0.717) is 6.04 Å². The Balaban J connectivity index is 2.83. The molecule has 1 rings (SSSR count). The maximum atomic E-state index is 6.23. The highest BCUT2D eigenvalue weighted by Crippen LogP contribution is 2.40. The Hall–Kier alpha value is -0.0800. The highest BCUT2D eigenvalue weighted by molar-refractivity contribution is 4.99. The molecule has 1 fully saturated rings. The molecule has 0 aromatic carbocycles. The van der Waals surface area contributed by atoms with Gasteiger partial charge < -0.3 is 10.1 Å². The third-order valence-electron chi connectivity index (χ3n) is 4.39. The van der Waals surface area contributed by atoms with E-state index >= 15 is 0 Å². The van der Waals surface area contributed by atoms with Gasteiger partial charge in [0, 0.05) is 12.6 Å². The van der Waals surface area contributed by atoms with Gasteiger partial charge in [0.2, 0.25) is 0 Å². The summed E-state index contributed by atoms with van der Waals surface area (Å²) in [4.78, 5) is 0. The molecule has 0 heterocycles. The molecule has 1 N–H and O–H groups in total. The summed E-state index contributed by atoms with van der Waals surface area (Å²) in [5.41, 5.74) is 0.126. The molecular weight excluding hydrogens is 210 g/mol. The lowest BCUT2D eigenvalue weighted by atomic mass is 9.80. The second-order valence-electron chi connectivity index (χ2n) is 5.32. The molecule has 2 heteroatoms. The molecule has 0 saturated heterocycles. The Morgan fingerprint density at radius 2 is 1.65 bits per heavy atom. The first-order chi connectivity index (χ1) is 8.24. The van der Waals surface area contributed by atoms with Crippen LogP contribution in [0.5, 0.6) is 0 Å². The van der Waals surface area contributed by atoms with Crippen molar-refractivity contribution < 1.29 is 4.74 Å². The molecule has 1 saturated carbocycles. The normalized spacial score (nSPS) is 21.0. The summed E-state index contributed by atoms with van der Waals surface area (Å²) in [6, 6.07) is 0.546. The van der Waals surface area contributed by atoms with E-state index in [1.807, 2.05) is 0 Å². The molecule has 1 aliphatic rings. The van der Waals surface area contributed by atoms with Crippen molar-refractivity contribution in [3.8, 4) is 0 Å². The summed E-state index contributed by atoms with van der Waals surface area (Å²) in [6.07, 6.45) is 7.67. The molecule has 102 valence electrons. The van der Waals surface area contributed by atoms with E-state index in [1.165, 1.54) is 38.5 Å². The molecule has 0 amide bonds. The van der Waals surface area contributed by atoms with Crippen molar-refractivity contribution in [2.75, 3.05) is 13.2 Å². The third kappa shape index (κ3) is 3.45. The fourth-order valence-electron chi connectivity index (χ4n) is 3.57. The Morgan fingerprint density at radius 3 is 2.06 bits per heavy atom. The molecular formula is C15H31NO. The quantitative estimate of drug-likeness (QED) is 0.699. The topological polar surface area (TPSA) is 21.3 Å². The van der Waals surface area contributed by atoms with E-state index in [0.717, 1.165) is 19.1 Å². The smallest absolute Gasteiger partial charge is 0.0837 e. The molecule has 17 heavy (non-hydrogen) atoms. The minimum atomic E-state index is 0.126. The van der Waals surface area contributed by atoms with Crippen LogP contribution >= 0.6 is 0 Å². The Kier molecular flexibility index (Phi) is 6.50. The van der Waals surface area contributed by atoms with Gasteiger partial charge in [-0.15, -0.1) is 0 Å². The summed E-state index contributed by atoms with van der Waals surface area (Å²) < 4.78 is 6.23. The summed E-state index contributed by atoms with van der Waals surface area (Å²) in [5, 5.41) is 3.73. The fourth-order valence-corrected chi connectivity index (χ4v) is 3.57. The van der Waals surface area contributed by atoms with Crippen LogP contribution in [0.2, 0.25) is 0 Å². The monoisotopic (exact) mass is 241 g/mol. The van der Waals surface area contributed by atoms with Crippen molar-refractivity contribution in [2.24, 2.45) is 5.92 Å². The Morgan fingerprint density at radius 1 is 1.06 bits per heavy atom. The number of rotatable bonds is 8. The van der Waals surface area contributed by atoms with Gasteiger partial charge in [-0.25, -0.2) is 0 Å². The number of ether oxygens (including phenoxy) is 1. The van der Waals surface area contributed by atoms with Crippen LogP contribution in [0.4, 0.5) is 0 Å². The van der Waals surface area contributed by atoms with Crippen molar-refractivity contribution in [3.63, 3.8) is 0 Å². The van der Waals surface area contributed by atoms with Gasteiger partial charge in [-0.1, -0.05) is 46.5 Å². The molecule has 0 aliphatic heterocycles. The third-order valence-corrected chi connectivity index (χ3v) is 4.39. The molecule has 0 bridgehead atoms. The zero-order valence-corrected chi connectivity index (χ0v) is 12.2. The highest BCUT2D eigenvalue weighted by atomic mass is 16.5. The lowest BCUT2D eigenvalue weighted by molar-refractivity contribution is -0.0758. The fraction of sp³-hybridized carbons (Fsp3) is 1.00.